The average molecular weight is 335 g/mol. The van der Waals surface area contributed by atoms with Crippen LogP contribution in [-0.4, -0.2) is 37.1 Å². The number of imide groups is 1. The van der Waals surface area contributed by atoms with Gasteiger partial charge in [0.25, 0.3) is 11.8 Å². The Morgan fingerprint density at radius 1 is 1.00 bits per heavy atom. The molecule has 1 aromatic rings. The van der Waals surface area contributed by atoms with Gasteiger partial charge in [-0.05, 0) is 47.8 Å². The van der Waals surface area contributed by atoms with Crippen LogP contribution in [0.25, 0.3) is 0 Å². The van der Waals surface area contributed by atoms with Crippen molar-refractivity contribution in [3.05, 3.63) is 42.0 Å². The topological polar surface area (TPSA) is 53.0 Å². The van der Waals surface area contributed by atoms with Crippen LogP contribution in [0.1, 0.15) is 12.0 Å². The highest BCUT2D eigenvalue weighted by molar-refractivity contribution is 6.06. The van der Waals surface area contributed by atoms with E-state index in [1.165, 1.54) is 6.42 Å². The van der Waals surface area contributed by atoms with Crippen LogP contribution in [0.2, 0.25) is 0 Å². The van der Waals surface area contributed by atoms with Gasteiger partial charge in [0.15, 0.2) is 0 Å². The largest absolute Gasteiger partial charge is 0.378 e. The lowest BCUT2D eigenvalue weighted by atomic mass is 9.63. The third-order valence-electron chi connectivity index (χ3n) is 6.37. The second-order valence-corrected chi connectivity index (χ2v) is 7.87. The third kappa shape index (κ3) is 2.04. The van der Waals surface area contributed by atoms with E-state index >= 15 is 0 Å². The van der Waals surface area contributed by atoms with E-state index < -0.39 is 0 Å². The van der Waals surface area contributed by atoms with Crippen molar-refractivity contribution in [3.63, 3.8) is 0 Å². The fourth-order valence-corrected chi connectivity index (χ4v) is 5.04. The second kappa shape index (κ2) is 5.04. The number of hydrogen-bond acceptors (Lipinski definition) is 4. The summed E-state index contributed by atoms with van der Waals surface area (Å²) in [5.74, 6) is 1.15. The van der Waals surface area contributed by atoms with Crippen LogP contribution in [0.4, 0.5) is 5.69 Å². The zero-order valence-electron chi connectivity index (χ0n) is 14.4. The monoisotopic (exact) mass is 335 g/mol. The Kier molecular flexibility index (Phi) is 3.00. The Morgan fingerprint density at radius 2 is 1.56 bits per heavy atom. The lowest BCUT2D eigenvalue weighted by Gasteiger charge is -2.37. The lowest BCUT2D eigenvalue weighted by Crippen LogP contribution is -2.40. The van der Waals surface area contributed by atoms with Gasteiger partial charge in [0.1, 0.15) is 0 Å². The lowest BCUT2D eigenvalue weighted by molar-refractivity contribution is -0.140. The molecule has 6 atom stereocenters. The zero-order valence-corrected chi connectivity index (χ0v) is 14.4. The Labute approximate surface area is 147 Å². The maximum absolute atomic E-state index is 12.8. The summed E-state index contributed by atoms with van der Waals surface area (Å²) in [5, 5.41) is 5.39. The van der Waals surface area contributed by atoms with Crippen molar-refractivity contribution in [3.8, 4) is 0 Å². The maximum Gasteiger partial charge on any atom is 0.254 e. The van der Waals surface area contributed by atoms with Crippen molar-refractivity contribution in [1.29, 1.82) is 0 Å². The number of rotatable bonds is 3. The number of carbonyl (C=O) groups is 2. The van der Waals surface area contributed by atoms with Gasteiger partial charge in [-0.2, -0.15) is 10.1 Å². The Morgan fingerprint density at radius 3 is 2.08 bits per heavy atom. The van der Waals surface area contributed by atoms with E-state index in [-0.39, 0.29) is 35.5 Å². The van der Waals surface area contributed by atoms with Gasteiger partial charge in [-0.15, -0.1) is 0 Å². The Balaban J connectivity index is 1.39. The number of hydrazone groups is 1. The number of benzene rings is 1. The number of hydrogen-bond donors (Lipinski definition) is 0. The molecule has 1 saturated heterocycles. The summed E-state index contributed by atoms with van der Waals surface area (Å²) in [6.07, 6.45) is 7.15. The molecule has 1 heterocycles. The van der Waals surface area contributed by atoms with E-state index in [1.54, 1.807) is 6.21 Å². The number of carbonyl (C=O) groups excluding carboxylic acids is 2. The molecule has 128 valence electrons. The maximum atomic E-state index is 12.8. The van der Waals surface area contributed by atoms with Crippen molar-refractivity contribution in [2.45, 2.75) is 6.42 Å². The molecular formula is C20H21N3O2. The molecule has 3 fully saturated rings. The summed E-state index contributed by atoms with van der Waals surface area (Å²) < 4.78 is 0. The van der Waals surface area contributed by atoms with E-state index in [4.69, 9.17) is 0 Å². The number of allylic oxidation sites excluding steroid dienone is 2. The van der Waals surface area contributed by atoms with Crippen LogP contribution in [0.5, 0.6) is 0 Å². The van der Waals surface area contributed by atoms with Crippen molar-refractivity contribution in [1.82, 2.24) is 5.01 Å². The minimum absolute atomic E-state index is 0.110. The van der Waals surface area contributed by atoms with Crippen LogP contribution >= 0.6 is 0 Å². The summed E-state index contributed by atoms with van der Waals surface area (Å²) in [6, 6.07) is 7.87. The normalized spacial score (nSPS) is 37.6. The molecule has 2 bridgehead atoms. The van der Waals surface area contributed by atoms with Gasteiger partial charge >= 0.3 is 0 Å². The molecule has 5 heteroatoms. The van der Waals surface area contributed by atoms with Crippen molar-refractivity contribution in [2.24, 2.45) is 40.6 Å². The van der Waals surface area contributed by atoms with E-state index in [9.17, 15) is 9.59 Å². The molecule has 25 heavy (non-hydrogen) atoms. The van der Waals surface area contributed by atoms with Crippen molar-refractivity contribution >= 4 is 23.7 Å². The first kappa shape index (κ1) is 14.9. The van der Waals surface area contributed by atoms with Gasteiger partial charge in [0, 0.05) is 19.8 Å². The molecule has 5 aliphatic rings. The Bertz CT molecular complexity index is 775. The van der Waals surface area contributed by atoms with Crippen LogP contribution in [-0.2, 0) is 9.59 Å². The predicted octanol–water partition coefficient (Wildman–Crippen LogP) is 2.14. The molecule has 1 aromatic carbocycles. The molecule has 5 nitrogen and oxygen atoms in total. The van der Waals surface area contributed by atoms with Crippen LogP contribution in [0.15, 0.2) is 41.5 Å². The van der Waals surface area contributed by atoms with Gasteiger partial charge in [-0.1, -0.05) is 24.3 Å². The van der Waals surface area contributed by atoms with E-state index in [0.717, 1.165) is 16.3 Å². The highest BCUT2D eigenvalue weighted by atomic mass is 16.2. The highest BCUT2D eigenvalue weighted by Gasteiger charge is 2.67. The first-order valence-electron chi connectivity index (χ1n) is 8.94. The molecule has 2 amide bonds. The minimum Gasteiger partial charge on any atom is -0.378 e. The molecule has 0 aromatic heterocycles. The van der Waals surface area contributed by atoms with E-state index in [2.05, 4.69) is 17.3 Å². The number of anilines is 1. The first-order chi connectivity index (χ1) is 12.1. The summed E-state index contributed by atoms with van der Waals surface area (Å²) >= 11 is 0. The quantitative estimate of drug-likeness (QED) is 0.483. The third-order valence-corrected chi connectivity index (χ3v) is 6.37. The first-order valence-corrected chi connectivity index (χ1v) is 8.94. The number of nitrogens with zero attached hydrogens (tertiary/aromatic N) is 3. The fraction of sp³-hybridized carbons (Fsp3) is 0.450. The van der Waals surface area contributed by atoms with E-state index in [1.807, 2.05) is 43.3 Å². The summed E-state index contributed by atoms with van der Waals surface area (Å²) in [4.78, 5) is 27.7. The van der Waals surface area contributed by atoms with Crippen LogP contribution in [0.3, 0.4) is 0 Å². The smallest absolute Gasteiger partial charge is 0.254 e. The zero-order chi connectivity index (χ0) is 17.3. The highest BCUT2D eigenvalue weighted by Crippen LogP contribution is 2.65. The van der Waals surface area contributed by atoms with E-state index in [0.29, 0.717) is 11.8 Å². The Hall–Kier alpha value is -2.43. The fourth-order valence-electron chi connectivity index (χ4n) is 5.04. The molecule has 4 aliphatic carbocycles. The molecule has 2 saturated carbocycles. The summed E-state index contributed by atoms with van der Waals surface area (Å²) in [5.41, 5.74) is 1.98. The molecule has 6 rings (SSSR count). The molecule has 0 N–H and O–H groups in total. The van der Waals surface area contributed by atoms with Gasteiger partial charge in [0.2, 0.25) is 0 Å². The van der Waals surface area contributed by atoms with Crippen LogP contribution in [0, 0.1) is 35.5 Å². The molecular weight excluding hydrogens is 314 g/mol. The van der Waals surface area contributed by atoms with Crippen molar-refractivity contribution < 1.29 is 9.59 Å². The van der Waals surface area contributed by atoms with Gasteiger partial charge < -0.3 is 4.90 Å². The molecule has 0 spiro atoms. The van der Waals surface area contributed by atoms with Crippen molar-refractivity contribution in [2.75, 3.05) is 19.0 Å². The number of amides is 2. The summed E-state index contributed by atoms with van der Waals surface area (Å²) in [7, 11) is 3.97. The standard InChI is InChI=1S/C20H21N3O2/c1-22(2)12-5-3-11(4-6-12)10-21-23-19(24)17-13-7-8-14(16-9-15(13)16)18(17)20(23)25/h3-8,10,13-18H,9H2,1-2H3/b21-10-/t13-,14-,15-,16+,17+,18-/m1/s1. The van der Waals surface area contributed by atoms with Gasteiger partial charge in [-0.3, -0.25) is 9.59 Å². The SMILES string of the molecule is CN(C)c1ccc(/C=N\N2C(=O)[C@@H]3[C@@H]4C=C[C@H]([C@H]5C[C@@H]45)[C@@H]3C2=O)cc1. The van der Waals surface area contributed by atoms with Gasteiger partial charge in [-0.25, -0.2) is 0 Å². The predicted molar refractivity (Wildman–Crippen MR) is 94.9 cm³/mol. The molecule has 1 aliphatic heterocycles. The molecule has 0 unspecified atom stereocenters. The minimum atomic E-state index is -0.181. The van der Waals surface area contributed by atoms with Crippen LogP contribution < -0.4 is 4.90 Å². The van der Waals surface area contributed by atoms with Gasteiger partial charge in [0.05, 0.1) is 18.1 Å². The molecule has 0 radical (unpaired) electrons. The average Bonchev–Trinajstić information content (AvgIpc) is 3.39. The summed E-state index contributed by atoms with van der Waals surface area (Å²) in [6.45, 7) is 0. The second-order valence-electron chi connectivity index (χ2n) is 7.87.